The van der Waals surface area contributed by atoms with Crippen LogP contribution in [0.3, 0.4) is 0 Å². The number of benzene rings is 1. The number of hydrogen-bond acceptors (Lipinski definition) is 2. The van der Waals surface area contributed by atoms with Crippen molar-refractivity contribution in [3.63, 3.8) is 0 Å². The van der Waals surface area contributed by atoms with Gasteiger partial charge < -0.3 is 5.32 Å². The van der Waals surface area contributed by atoms with Gasteiger partial charge in [0.05, 0.1) is 5.69 Å². The first kappa shape index (κ1) is 12.0. The van der Waals surface area contributed by atoms with Gasteiger partial charge in [-0.1, -0.05) is 22.0 Å². The maximum atomic E-state index is 13.5. The summed E-state index contributed by atoms with van der Waals surface area (Å²) in [4.78, 5) is 4.07. The van der Waals surface area contributed by atoms with Crippen molar-refractivity contribution in [3.8, 4) is 0 Å². The second-order valence-corrected chi connectivity index (χ2v) is 4.76. The highest BCUT2D eigenvalue weighted by Gasteiger charge is 2.02. The highest BCUT2D eigenvalue weighted by molar-refractivity contribution is 9.10. The normalized spacial score (nSPS) is 10.3. The van der Waals surface area contributed by atoms with Crippen molar-refractivity contribution >= 4 is 21.6 Å². The molecule has 4 heteroatoms. The van der Waals surface area contributed by atoms with Crippen LogP contribution in [-0.4, -0.2) is 4.98 Å². The van der Waals surface area contributed by atoms with E-state index in [1.807, 2.05) is 19.1 Å². The highest BCUT2D eigenvalue weighted by atomic mass is 79.9. The zero-order chi connectivity index (χ0) is 12.3. The van der Waals surface area contributed by atoms with Crippen LogP contribution in [0.1, 0.15) is 11.1 Å². The Morgan fingerprint density at radius 2 is 2.12 bits per heavy atom. The molecule has 2 rings (SSSR count). The van der Waals surface area contributed by atoms with Gasteiger partial charge in [0.2, 0.25) is 0 Å². The minimum absolute atomic E-state index is 0.215. The van der Waals surface area contributed by atoms with E-state index in [0.717, 1.165) is 15.7 Å². The molecule has 2 aromatic rings. The van der Waals surface area contributed by atoms with Gasteiger partial charge in [-0.15, -0.1) is 0 Å². The predicted molar refractivity (Wildman–Crippen MR) is 70.4 cm³/mol. The molecular formula is C13H12BrFN2. The molecule has 0 saturated heterocycles. The van der Waals surface area contributed by atoms with E-state index in [-0.39, 0.29) is 5.82 Å². The summed E-state index contributed by atoms with van der Waals surface area (Å²) >= 11 is 3.23. The fourth-order valence-corrected chi connectivity index (χ4v) is 1.85. The largest absolute Gasteiger partial charge is 0.380 e. The van der Waals surface area contributed by atoms with Gasteiger partial charge in [-0.25, -0.2) is 4.39 Å². The van der Waals surface area contributed by atoms with Crippen LogP contribution < -0.4 is 5.32 Å². The lowest BCUT2D eigenvalue weighted by molar-refractivity contribution is 0.612. The maximum Gasteiger partial charge on any atom is 0.129 e. The molecule has 0 aliphatic carbocycles. The molecule has 0 fully saturated rings. The number of anilines is 1. The number of nitrogens with zero attached hydrogens (tertiary/aromatic N) is 1. The summed E-state index contributed by atoms with van der Waals surface area (Å²) in [5.41, 5.74) is 2.60. The predicted octanol–water partition coefficient (Wildman–Crippen LogP) is 3.90. The maximum absolute atomic E-state index is 13.5. The molecule has 0 radical (unpaired) electrons. The summed E-state index contributed by atoms with van der Waals surface area (Å²) in [5.74, 6) is -0.215. The van der Waals surface area contributed by atoms with E-state index in [1.165, 1.54) is 6.07 Å². The number of pyridine rings is 1. The van der Waals surface area contributed by atoms with Crippen molar-refractivity contribution in [2.45, 2.75) is 13.5 Å². The van der Waals surface area contributed by atoms with Gasteiger partial charge in [-0.05, 0) is 30.7 Å². The summed E-state index contributed by atoms with van der Waals surface area (Å²) in [6.45, 7) is 2.42. The Kier molecular flexibility index (Phi) is 3.74. The van der Waals surface area contributed by atoms with Crippen LogP contribution in [-0.2, 0) is 6.54 Å². The number of nitrogens with one attached hydrogen (secondary N) is 1. The van der Waals surface area contributed by atoms with Crippen LogP contribution in [0.4, 0.5) is 10.1 Å². The van der Waals surface area contributed by atoms with E-state index < -0.39 is 0 Å². The van der Waals surface area contributed by atoms with Crippen molar-refractivity contribution < 1.29 is 4.39 Å². The first-order valence-electron chi connectivity index (χ1n) is 5.24. The van der Waals surface area contributed by atoms with Crippen LogP contribution in [0, 0.1) is 12.7 Å². The minimum Gasteiger partial charge on any atom is -0.380 e. The van der Waals surface area contributed by atoms with Crippen molar-refractivity contribution in [1.82, 2.24) is 4.98 Å². The Labute approximate surface area is 108 Å². The van der Waals surface area contributed by atoms with E-state index in [4.69, 9.17) is 0 Å². The number of hydrogen-bond donors (Lipinski definition) is 1. The second-order valence-electron chi connectivity index (χ2n) is 3.84. The zero-order valence-corrected chi connectivity index (χ0v) is 11.0. The van der Waals surface area contributed by atoms with E-state index >= 15 is 0 Å². The Morgan fingerprint density at radius 1 is 1.29 bits per heavy atom. The zero-order valence-electron chi connectivity index (χ0n) is 9.37. The molecule has 0 bridgehead atoms. The van der Waals surface area contributed by atoms with Crippen LogP contribution >= 0.6 is 15.9 Å². The molecule has 0 saturated carbocycles. The van der Waals surface area contributed by atoms with E-state index in [2.05, 4.69) is 26.2 Å². The average Bonchev–Trinajstić information content (AvgIpc) is 2.28. The molecule has 1 aromatic carbocycles. The van der Waals surface area contributed by atoms with Gasteiger partial charge in [0.1, 0.15) is 5.82 Å². The smallest absolute Gasteiger partial charge is 0.129 e. The highest BCUT2D eigenvalue weighted by Crippen LogP contribution is 2.16. The van der Waals surface area contributed by atoms with Crippen LogP contribution in [0.25, 0.3) is 0 Å². The van der Waals surface area contributed by atoms with Crippen molar-refractivity contribution in [3.05, 3.63) is 58.1 Å². The lowest BCUT2D eigenvalue weighted by atomic mass is 10.2. The molecule has 0 aliphatic heterocycles. The molecule has 2 nitrogen and oxygen atoms in total. The molecule has 0 atom stereocenters. The third-order valence-electron chi connectivity index (χ3n) is 2.37. The molecule has 1 aromatic heterocycles. The molecule has 0 aliphatic rings. The van der Waals surface area contributed by atoms with Gasteiger partial charge >= 0.3 is 0 Å². The number of aromatic nitrogens is 1. The van der Waals surface area contributed by atoms with Gasteiger partial charge in [-0.2, -0.15) is 0 Å². The Hall–Kier alpha value is -1.42. The topological polar surface area (TPSA) is 24.9 Å². The first-order chi connectivity index (χ1) is 8.15. The summed E-state index contributed by atoms with van der Waals surface area (Å²) < 4.78 is 14.3. The third kappa shape index (κ3) is 3.27. The van der Waals surface area contributed by atoms with Crippen LogP contribution in [0.15, 0.2) is 41.1 Å². The molecule has 0 spiro atoms. The lowest BCUT2D eigenvalue weighted by Gasteiger charge is -2.07. The molecule has 0 unspecified atom stereocenters. The molecule has 88 valence electrons. The lowest BCUT2D eigenvalue weighted by Crippen LogP contribution is -2.02. The van der Waals surface area contributed by atoms with E-state index in [0.29, 0.717) is 12.1 Å². The third-order valence-corrected chi connectivity index (χ3v) is 2.87. The van der Waals surface area contributed by atoms with Gasteiger partial charge in [0.25, 0.3) is 0 Å². The van der Waals surface area contributed by atoms with Gasteiger partial charge in [0, 0.05) is 29.0 Å². The van der Waals surface area contributed by atoms with Crippen LogP contribution in [0.5, 0.6) is 0 Å². The SMILES string of the molecule is Cc1cncc(NCc2ccc(Br)cc2F)c1. The Balaban J connectivity index is 2.07. The average molecular weight is 295 g/mol. The van der Waals surface area contributed by atoms with Gasteiger partial charge in [0.15, 0.2) is 0 Å². The van der Waals surface area contributed by atoms with Crippen molar-refractivity contribution in [2.75, 3.05) is 5.32 Å². The number of aryl methyl sites for hydroxylation is 1. The minimum atomic E-state index is -0.215. The fraction of sp³-hybridized carbons (Fsp3) is 0.154. The summed E-state index contributed by atoms with van der Waals surface area (Å²) in [6.07, 6.45) is 3.51. The number of halogens is 2. The number of rotatable bonds is 3. The molecule has 17 heavy (non-hydrogen) atoms. The molecule has 1 N–H and O–H groups in total. The molecule has 1 heterocycles. The standard InChI is InChI=1S/C13H12BrFN2/c1-9-4-12(8-16-6-9)17-7-10-2-3-11(14)5-13(10)15/h2-6,8,17H,7H2,1H3. The summed E-state index contributed by atoms with van der Waals surface area (Å²) in [7, 11) is 0. The van der Waals surface area contributed by atoms with E-state index in [1.54, 1.807) is 18.5 Å². The molecular weight excluding hydrogens is 283 g/mol. The Bertz CT molecular complexity index is 529. The first-order valence-corrected chi connectivity index (χ1v) is 6.04. The van der Waals surface area contributed by atoms with Crippen molar-refractivity contribution in [2.24, 2.45) is 0 Å². The van der Waals surface area contributed by atoms with E-state index in [9.17, 15) is 4.39 Å². The quantitative estimate of drug-likeness (QED) is 0.928. The molecule has 0 amide bonds. The van der Waals surface area contributed by atoms with Gasteiger partial charge in [-0.3, -0.25) is 4.98 Å². The van der Waals surface area contributed by atoms with Crippen molar-refractivity contribution in [1.29, 1.82) is 0 Å². The monoisotopic (exact) mass is 294 g/mol. The second kappa shape index (κ2) is 5.27. The summed E-state index contributed by atoms with van der Waals surface area (Å²) in [5, 5.41) is 3.14. The Morgan fingerprint density at radius 3 is 2.82 bits per heavy atom. The summed E-state index contributed by atoms with van der Waals surface area (Å²) in [6, 6.07) is 7.03. The van der Waals surface area contributed by atoms with Crippen LogP contribution in [0.2, 0.25) is 0 Å². The fourth-order valence-electron chi connectivity index (χ4n) is 1.51.